The number of hydrogen-bond acceptors (Lipinski definition) is 18. The van der Waals surface area contributed by atoms with Crippen LogP contribution in [-0.4, -0.2) is 253 Å². The number of carbonyl (C=O) groups excluding carboxylic acids is 9. The molecule has 0 radical (unpaired) electrons. The molecule has 0 unspecified atom stereocenters. The number of halogens is 4. The fourth-order valence-electron chi connectivity index (χ4n) is 19.2. The number of rotatable bonds is 37. The average molecular weight is 1770 g/mol. The molecule has 6 aliphatic rings. The van der Waals surface area contributed by atoms with Crippen LogP contribution in [0.1, 0.15) is 192 Å². The lowest BCUT2D eigenvalue weighted by Gasteiger charge is -2.34. The van der Waals surface area contributed by atoms with Gasteiger partial charge in [-0.05, 0) is 236 Å². The normalized spacial score (nSPS) is 22.7. The van der Waals surface area contributed by atoms with Crippen LogP contribution in [0.4, 0.5) is 17.6 Å². The minimum absolute atomic E-state index is 0.0144. The van der Waals surface area contributed by atoms with Crippen molar-refractivity contribution in [3.05, 3.63) is 141 Å². The summed E-state index contributed by atoms with van der Waals surface area (Å²) in [6, 6.07) is 12.8. The van der Waals surface area contributed by atoms with Gasteiger partial charge in [0.15, 0.2) is 0 Å². The van der Waals surface area contributed by atoms with Crippen LogP contribution < -0.4 is 21.3 Å². The van der Waals surface area contributed by atoms with E-state index in [-0.39, 0.29) is 129 Å². The van der Waals surface area contributed by atoms with Crippen molar-refractivity contribution < 1.29 is 94.6 Å². The number of aliphatic hydroxyl groups is 2. The number of ketones is 2. The number of allylic oxidation sites excluding steroid dienone is 2. The zero-order chi connectivity index (χ0) is 92.6. The molecule has 6 heterocycles. The Hall–Kier alpha value is -9.53. The Labute approximate surface area is 742 Å². The van der Waals surface area contributed by atoms with Gasteiger partial charge in [-0.15, -0.1) is 0 Å². The molecule has 30 heteroatoms. The number of fused-ring (bicyclic) bond motifs is 4. The third-order valence-corrected chi connectivity index (χ3v) is 28.2. The standard InChI is InChI=1S/C50H67F2N5O8.C47H63F2N5O8/c1-11-26(2)48(60)55-46(30(6)64-10)50(62)57-19-17-45(65-31(7)58)43(57)23-38-35-14-12-33(51)20-32(35)21-39(38)47-40(36-15-13-34(52)22-41(36)54-47)24-42-27(3)16-18-56(42)49(61)37(29(5)63-9)25-44(59)28(4)53-8;1-9-24(2)45(58)52-43(27(5)62-8)47(60)54-17-15-40(55)38(54)21-34-31-12-10-29(48)18-28(31)19-35(34)44-36(32-13-11-30(49)20-37(32)51-44)22-39-41(56)14-16-53(39)46(59)33(26(4)61-7)23-42(57)25(3)50-6/h12-15,20,22,26-30,37,42-43,45-46,53-54H,11,16-19,21,23-25H2,1-10H3,(H,55,60);10-13,18,20,24-27,33,38-41,43,50-51,55-56H,9,14-17,19,21-23H2,1-8H3,(H,52,58)/t26-,27+,28+,29-,30-,37+,42-,43-,45+,46+;24-,25+,26-,27-,33+,38-,39-,40+,41+,43+/m11/s1. The van der Waals surface area contributed by atoms with Gasteiger partial charge >= 0.3 is 5.97 Å². The number of carbonyl (C=O) groups is 9. The second-order valence-electron chi connectivity index (χ2n) is 35.8. The molecule has 2 aliphatic carbocycles. The molecule has 2 aromatic heterocycles. The van der Waals surface area contributed by atoms with E-state index < -0.39 is 126 Å². The van der Waals surface area contributed by atoms with E-state index >= 15 is 8.78 Å². The zero-order valence-corrected chi connectivity index (χ0v) is 76.6. The van der Waals surface area contributed by atoms with Gasteiger partial charge in [0.25, 0.3) is 0 Å². The maximum absolute atomic E-state index is 15.1. The second-order valence-corrected chi connectivity index (χ2v) is 35.8. The lowest BCUT2D eigenvalue weighted by Crippen LogP contribution is -2.56. The highest BCUT2D eigenvalue weighted by Gasteiger charge is 2.49. The number of aromatic amines is 2. The Bertz CT molecular complexity index is 5090. The second kappa shape index (κ2) is 42.8. The number of ether oxygens (including phenoxy) is 5. The van der Waals surface area contributed by atoms with E-state index in [0.29, 0.717) is 90.4 Å². The maximum atomic E-state index is 15.1. The van der Waals surface area contributed by atoms with Gasteiger partial charge in [0.05, 0.1) is 78.7 Å². The Morgan fingerprint density at radius 2 is 0.835 bits per heavy atom. The molecule has 0 bridgehead atoms. The summed E-state index contributed by atoms with van der Waals surface area (Å²) in [5.74, 6) is -6.40. The molecule has 20 atom stereocenters. The highest BCUT2D eigenvalue weighted by atomic mass is 19.1. The van der Waals surface area contributed by atoms with Crippen LogP contribution >= 0.6 is 0 Å². The smallest absolute Gasteiger partial charge is 0.302 e. The number of amides is 6. The maximum Gasteiger partial charge on any atom is 0.302 e. The molecule has 26 nitrogen and oxygen atoms in total. The first-order valence-electron chi connectivity index (χ1n) is 44.9. The molecular formula is C97H130F4N10O16. The van der Waals surface area contributed by atoms with Gasteiger partial charge in [-0.3, -0.25) is 43.2 Å². The van der Waals surface area contributed by atoms with Crippen LogP contribution in [0.2, 0.25) is 0 Å². The van der Waals surface area contributed by atoms with Crippen molar-refractivity contribution >= 4 is 97.1 Å². The number of aliphatic hydroxyl groups excluding tert-OH is 2. The van der Waals surface area contributed by atoms with Crippen LogP contribution in [0, 0.1) is 52.9 Å². The van der Waals surface area contributed by atoms with E-state index in [1.54, 1.807) is 102 Å². The first-order chi connectivity index (χ1) is 60.4. The SMILES string of the molecule is CC[C@@H](C)C(=O)N[C@H](C(=O)N1CC[C@H](O)[C@H]1CC1=C(c2[nH]c3cc(F)ccc3c2C[C@@H]2[C@@H](O)CCN2C(=O)[C@@H](CC(=O)[C@H](C)NC)[C@@H](C)OC)Cc2cc(F)ccc21)[C@@H](C)OC.CC[C@@H](C)C(=O)N[C@H](C(=O)N1CC[C@H](OC(C)=O)[C@H]1CC1=C(c2[nH]c3cc(F)ccc3c2C[C@@H]2[C@@H](C)CCN2C(=O)[C@@H](CC(=O)[C@H](C)NC)[C@@H](C)OC)Cc2cc(F)ccc21)[C@@H](C)OC. The monoisotopic (exact) mass is 1770 g/mol. The van der Waals surface area contributed by atoms with Gasteiger partial charge in [0, 0.05) is 145 Å². The van der Waals surface area contributed by atoms with Crippen molar-refractivity contribution in [3.63, 3.8) is 0 Å². The average Bonchev–Trinajstić information content (AvgIpc) is 1.59. The van der Waals surface area contributed by atoms with E-state index in [1.165, 1.54) is 83.9 Å². The van der Waals surface area contributed by atoms with Crippen LogP contribution in [0.25, 0.3) is 44.1 Å². The molecule has 4 saturated heterocycles. The summed E-state index contributed by atoms with van der Waals surface area (Å²) in [5, 5.41) is 36.3. The highest BCUT2D eigenvalue weighted by Crippen LogP contribution is 2.49. The first-order valence-corrected chi connectivity index (χ1v) is 44.9. The third-order valence-electron chi connectivity index (χ3n) is 28.2. The number of aromatic nitrogens is 2. The minimum atomic E-state index is -1.02. The van der Waals surface area contributed by atoms with E-state index in [9.17, 15) is 62.1 Å². The van der Waals surface area contributed by atoms with Gasteiger partial charge in [0.1, 0.15) is 53.0 Å². The van der Waals surface area contributed by atoms with E-state index in [2.05, 4.69) is 38.2 Å². The third kappa shape index (κ3) is 21.5. The molecule has 692 valence electrons. The topological polar surface area (TPSA) is 333 Å². The molecule has 6 aromatic rings. The van der Waals surface area contributed by atoms with Crippen LogP contribution in [0.3, 0.4) is 0 Å². The van der Waals surface area contributed by atoms with Gasteiger partial charge < -0.3 is 84.7 Å². The van der Waals surface area contributed by atoms with Crippen LogP contribution in [0.5, 0.6) is 0 Å². The number of H-pyrrole nitrogens is 2. The number of hydrogen-bond donors (Lipinski definition) is 8. The van der Waals surface area contributed by atoms with E-state index in [4.69, 9.17) is 23.7 Å². The van der Waals surface area contributed by atoms with Crippen LogP contribution in [-0.2, 0) is 92.5 Å². The predicted molar refractivity (Wildman–Crippen MR) is 476 cm³/mol. The molecule has 12 rings (SSSR count). The zero-order valence-electron chi connectivity index (χ0n) is 76.6. The number of nitrogens with zero attached hydrogens (tertiary/aromatic N) is 4. The highest BCUT2D eigenvalue weighted by molar-refractivity contribution is 6.04. The molecular weight excluding hydrogens is 1640 g/mol. The summed E-state index contributed by atoms with van der Waals surface area (Å²) < 4.78 is 88.4. The quantitative estimate of drug-likeness (QED) is 0.0133. The van der Waals surface area contributed by atoms with Crippen molar-refractivity contribution in [3.8, 4) is 0 Å². The largest absolute Gasteiger partial charge is 0.460 e. The minimum Gasteiger partial charge on any atom is -0.460 e. The summed E-state index contributed by atoms with van der Waals surface area (Å²) in [6.07, 6.45) is -0.692. The van der Waals surface area contributed by atoms with Crippen molar-refractivity contribution in [2.45, 2.75) is 264 Å². The van der Waals surface area contributed by atoms with Crippen molar-refractivity contribution in [2.75, 3.05) is 68.7 Å². The Morgan fingerprint density at radius 1 is 0.472 bits per heavy atom. The summed E-state index contributed by atoms with van der Waals surface area (Å²) in [7, 11) is 9.36. The fourth-order valence-corrected chi connectivity index (χ4v) is 19.2. The lowest BCUT2D eigenvalue weighted by molar-refractivity contribution is -0.150. The van der Waals surface area contributed by atoms with Crippen molar-refractivity contribution in [1.29, 1.82) is 0 Å². The molecule has 4 aliphatic heterocycles. The van der Waals surface area contributed by atoms with Crippen LogP contribution in [0.15, 0.2) is 72.8 Å². The first kappa shape index (κ1) is 98.1. The molecule has 4 fully saturated rings. The number of likely N-dealkylation sites (tertiary alicyclic amines) is 4. The molecule has 0 saturated carbocycles. The van der Waals surface area contributed by atoms with Gasteiger partial charge in [0.2, 0.25) is 35.4 Å². The predicted octanol–water partition coefficient (Wildman–Crippen LogP) is 11.0. The van der Waals surface area contributed by atoms with Gasteiger partial charge in [-0.25, -0.2) is 17.6 Å². The number of nitrogens with one attached hydrogen (secondary N) is 6. The number of benzene rings is 4. The molecule has 127 heavy (non-hydrogen) atoms. The van der Waals surface area contributed by atoms with Crippen molar-refractivity contribution in [2.24, 2.45) is 29.6 Å². The Morgan fingerprint density at radius 3 is 1.24 bits per heavy atom. The summed E-state index contributed by atoms with van der Waals surface area (Å²) in [6.45, 7) is 22.5. The van der Waals surface area contributed by atoms with Gasteiger partial charge in [-0.1, -0.05) is 46.8 Å². The molecule has 0 spiro atoms. The summed E-state index contributed by atoms with van der Waals surface area (Å²) >= 11 is 0. The Kier molecular flexibility index (Phi) is 33.1. The molecule has 4 aromatic carbocycles. The lowest BCUT2D eigenvalue weighted by atomic mass is 9.89. The fraction of sp³-hybridized carbons (Fsp3) is 0.577. The van der Waals surface area contributed by atoms with Gasteiger partial charge in [-0.2, -0.15) is 0 Å². The number of methoxy groups -OCH3 is 4. The number of likely N-dealkylation sites (N-methyl/N-ethyl adjacent to an activating group) is 2. The van der Waals surface area contributed by atoms with E-state index in [1.807, 2.05) is 25.7 Å². The summed E-state index contributed by atoms with van der Waals surface area (Å²) in [5.41, 5.74) is 9.95. The molecule has 6 amide bonds. The molecule has 8 N–H and O–H groups in total. The van der Waals surface area contributed by atoms with E-state index in [0.717, 1.165) is 56.4 Å². The number of esters is 1. The Balaban J connectivity index is 0.000000247. The summed E-state index contributed by atoms with van der Waals surface area (Å²) in [4.78, 5) is 137. The number of Topliss-reactive ketones (excluding diaryl/α,β-unsaturated/α-hetero) is 2. The van der Waals surface area contributed by atoms with Crippen molar-refractivity contribution in [1.82, 2.24) is 50.8 Å².